The van der Waals surface area contributed by atoms with Gasteiger partial charge in [-0.2, -0.15) is 0 Å². The van der Waals surface area contributed by atoms with Crippen LogP contribution in [0.4, 0.5) is 17.1 Å². The number of hydrogen-bond acceptors (Lipinski definition) is 6. The van der Waals surface area contributed by atoms with E-state index in [9.17, 15) is 0 Å². The summed E-state index contributed by atoms with van der Waals surface area (Å²) in [5.74, 6) is 0.541. The van der Waals surface area contributed by atoms with Gasteiger partial charge in [0.15, 0.2) is 11.2 Å². The van der Waals surface area contributed by atoms with Crippen LogP contribution < -0.4 is 4.90 Å². The average Bonchev–Trinajstić information content (AvgIpc) is 3.82. The Balaban J connectivity index is 1.15. The van der Waals surface area contributed by atoms with Crippen LogP contribution in [0.5, 0.6) is 0 Å². The molecule has 10 aromatic rings. The standard InChI is InChI=1S/C40H23N3O3/c1-2-10-25(11-3-1)43(26-18-20-33-31(21-26)29-19-17-24-9-4-5-12-28(24)39(29)45-33)27-22-36-38(41-23-27)37-30(13-8-16-35(37)44-36)40-42-32-14-6-7-15-34(32)46-40/h1-23H. The Hall–Kier alpha value is -6.40. The number of rotatable bonds is 4. The van der Waals surface area contributed by atoms with Gasteiger partial charge in [-0.25, -0.2) is 9.97 Å². The lowest BCUT2D eigenvalue weighted by Crippen LogP contribution is -2.10. The second kappa shape index (κ2) is 9.55. The van der Waals surface area contributed by atoms with Crippen LogP contribution in [-0.4, -0.2) is 9.97 Å². The monoisotopic (exact) mass is 593 g/mol. The molecule has 0 N–H and O–H groups in total. The van der Waals surface area contributed by atoms with Crippen LogP contribution in [0.15, 0.2) is 153 Å². The van der Waals surface area contributed by atoms with Gasteiger partial charge in [0, 0.05) is 33.6 Å². The van der Waals surface area contributed by atoms with Crippen LogP contribution in [0, 0.1) is 0 Å². The van der Waals surface area contributed by atoms with Crippen molar-refractivity contribution in [2.45, 2.75) is 0 Å². The third kappa shape index (κ3) is 3.70. The summed E-state index contributed by atoms with van der Waals surface area (Å²) in [5.41, 5.74) is 9.17. The van der Waals surface area contributed by atoms with Gasteiger partial charge >= 0.3 is 0 Å². The molecule has 0 radical (unpaired) electrons. The Kier molecular flexibility index (Phi) is 5.19. The summed E-state index contributed by atoms with van der Waals surface area (Å²) in [4.78, 5) is 11.9. The van der Waals surface area contributed by atoms with Gasteiger partial charge in [-0.1, -0.05) is 66.7 Å². The molecule has 10 rings (SSSR count). The highest BCUT2D eigenvalue weighted by Crippen LogP contribution is 2.42. The molecule has 0 aliphatic heterocycles. The fraction of sp³-hybridized carbons (Fsp3) is 0. The summed E-state index contributed by atoms with van der Waals surface area (Å²) in [5, 5.41) is 5.28. The van der Waals surface area contributed by atoms with Gasteiger partial charge in [0.05, 0.1) is 22.8 Å². The van der Waals surface area contributed by atoms with Crippen LogP contribution in [0.25, 0.3) is 77.3 Å². The molecule has 6 nitrogen and oxygen atoms in total. The van der Waals surface area contributed by atoms with Gasteiger partial charge in [0.25, 0.3) is 0 Å². The molecule has 0 saturated heterocycles. The number of para-hydroxylation sites is 3. The number of oxazole rings is 1. The molecule has 46 heavy (non-hydrogen) atoms. The normalized spacial score (nSPS) is 11.9. The van der Waals surface area contributed by atoms with Gasteiger partial charge in [0.2, 0.25) is 5.89 Å². The van der Waals surface area contributed by atoms with Crippen molar-refractivity contribution in [2.75, 3.05) is 4.90 Å². The molecule has 216 valence electrons. The highest BCUT2D eigenvalue weighted by molar-refractivity contribution is 6.16. The minimum absolute atomic E-state index is 0.541. The maximum Gasteiger partial charge on any atom is 0.228 e. The first-order valence-electron chi connectivity index (χ1n) is 15.1. The molecule has 0 unspecified atom stereocenters. The van der Waals surface area contributed by atoms with Crippen LogP contribution >= 0.6 is 0 Å². The molecule has 6 aromatic carbocycles. The minimum Gasteiger partial charge on any atom is -0.455 e. The Morgan fingerprint density at radius 1 is 0.500 bits per heavy atom. The maximum absolute atomic E-state index is 6.43. The zero-order chi connectivity index (χ0) is 30.2. The molecule has 0 aliphatic rings. The SMILES string of the molecule is c1ccc(N(c2cnc3c(c2)oc2cccc(-c4nc5ccccc5o4)c23)c2ccc3oc4c5ccccc5ccc4c3c2)cc1. The second-order valence-corrected chi connectivity index (χ2v) is 11.4. The predicted octanol–water partition coefficient (Wildman–Crippen LogP) is 11.3. The summed E-state index contributed by atoms with van der Waals surface area (Å²) in [6.45, 7) is 0. The van der Waals surface area contributed by atoms with Crippen molar-refractivity contribution in [3.8, 4) is 11.5 Å². The number of anilines is 3. The van der Waals surface area contributed by atoms with Crippen LogP contribution in [-0.2, 0) is 0 Å². The van der Waals surface area contributed by atoms with Gasteiger partial charge in [0.1, 0.15) is 27.8 Å². The highest BCUT2D eigenvalue weighted by atomic mass is 16.4. The first-order chi connectivity index (χ1) is 22.8. The van der Waals surface area contributed by atoms with Crippen molar-refractivity contribution < 1.29 is 13.3 Å². The molecular weight excluding hydrogens is 570 g/mol. The van der Waals surface area contributed by atoms with Crippen LogP contribution in [0.1, 0.15) is 0 Å². The lowest BCUT2D eigenvalue weighted by Gasteiger charge is -2.25. The molecule has 4 aromatic heterocycles. The zero-order valence-corrected chi connectivity index (χ0v) is 24.3. The molecule has 0 fully saturated rings. The second-order valence-electron chi connectivity index (χ2n) is 11.4. The molecule has 6 heteroatoms. The van der Waals surface area contributed by atoms with E-state index in [0.29, 0.717) is 11.5 Å². The number of pyridine rings is 1. The lowest BCUT2D eigenvalue weighted by atomic mass is 10.1. The maximum atomic E-state index is 6.43. The first-order valence-corrected chi connectivity index (χ1v) is 15.1. The number of furan rings is 2. The smallest absolute Gasteiger partial charge is 0.228 e. The Morgan fingerprint density at radius 3 is 2.28 bits per heavy atom. The third-order valence-electron chi connectivity index (χ3n) is 8.72. The molecule has 0 saturated carbocycles. The summed E-state index contributed by atoms with van der Waals surface area (Å²) in [7, 11) is 0. The van der Waals surface area contributed by atoms with Crippen LogP contribution in [0.3, 0.4) is 0 Å². The summed E-state index contributed by atoms with van der Waals surface area (Å²) >= 11 is 0. The van der Waals surface area contributed by atoms with E-state index < -0.39 is 0 Å². The highest BCUT2D eigenvalue weighted by Gasteiger charge is 2.21. The van der Waals surface area contributed by atoms with E-state index in [-0.39, 0.29) is 0 Å². The van der Waals surface area contributed by atoms with Gasteiger partial charge < -0.3 is 18.2 Å². The largest absolute Gasteiger partial charge is 0.455 e. The molecular formula is C40H23N3O3. The Bertz CT molecular complexity index is 2740. The number of nitrogens with zero attached hydrogens (tertiary/aromatic N) is 3. The Labute approximate surface area is 261 Å². The average molecular weight is 594 g/mol. The van der Waals surface area contributed by atoms with E-state index in [2.05, 4.69) is 77.7 Å². The summed E-state index contributed by atoms with van der Waals surface area (Å²) in [6.07, 6.45) is 1.90. The quantitative estimate of drug-likeness (QED) is 0.202. The fourth-order valence-electron chi connectivity index (χ4n) is 6.62. The number of hydrogen-bond donors (Lipinski definition) is 0. The molecule has 0 atom stereocenters. The fourth-order valence-corrected chi connectivity index (χ4v) is 6.62. The van der Waals surface area contributed by atoms with Gasteiger partial charge in [-0.15, -0.1) is 0 Å². The molecule has 0 bridgehead atoms. The Morgan fingerprint density at radius 2 is 1.35 bits per heavy atom. The number of aromatic nitrogens is 2. The molecule has 0 aliphatic carbocycles. The first kappa shape index (κ1) is 25.0. The van der Waals surface area contributed by atoms with Gasteiger partial charge in [-0.3, -0.25) is 0 Å². The van der Waals surface area contributed by atoms with E-state index in [4.69, 9.17) is 23.2 Å². The predicted molar refractivity (Wildman–Crippen MR) is 184 cm³/mol. The van der Waals surface area contributed by atoms with E-state index >= 15 is 0 Å². The van der Waals surface area contributed by atoms with Crippen molar-refractivity contribution in [2.24, 2.45) is 0 Å². The van der Waals surface area contributed by atoms with E-state index in [0.717, 1.165) is 82.9 Å². The van der Waals surface area contributed by atoms with Crippen molar-refractivity contribution in [3.05, 3.63) is 140 Å². The lowest BCUT2D eigenvalue weighted by molar-refractivity contribution is 0.620. The van der Waals surface area contributed by atoms with E-state index in [1.54, 1.807) is 0 Å². The zero-order valence-electron chi connectivity index (χ0n) is 24.3. The number of benzene rings is 6. The minimum atomic E-state index is 0.541. The van der Waals surface area contributed by atoms with E-state index in [1.807, 2.05) is 66.9 Å². The third-order valence-corrected chi connectivity index (χ3v) is 8.72. The van der Waals surface area contributed by atoms with Crippen LogP contribution in [0.2, 0.25) is 0 Å². The van der Waals surface area contributed by atoms with E-state index in [1.165, 1.54) is 0 Å². The number of fused-ring (bicyclic) bond motifs is 9. The summed E-state index contributed by atoms with van der Waals surface area (Å²) in [6, 6.07) is 45.0. The molecule has 4 heterocycles. The van der Waals surface area contributed by atoms with Crippen molar-refractivity contribution in [3.63, 3.8) is 0 Å². The molecule has 0 amide bonds. The molecule has 0 spiro atoms. The summed E-state index contributed by atoms with van der Waals surface area (Å²) < 4.78 is 19.0. The van der Waals surface area contributed by atoms with Crippen molar-refractivity contribution in [1.29, 1.82) is 0 Å². The van der Waals surface area contributed by atoms with Crippen molar-refractivity contribution in [1.82, 2.24) is 9.97 Å². The van der Waals surface area contributed by atoms with Crippen molar-refractivity contribution >= 4 is 82.9 Å². The topological polar surface area (TPSA) is 68.4 Å². The van der Waals surface area contributed by atoms with Gasteiger partial charge in [-0.05, 0) is 66.0 Å².